The Labute approximate surface area is 185 Å². The van der Waals surface area contributed by atoms with E-state index in [0.29, 0.717) is 30.5 Å². The monoisotopic (exact) mass is 434 g/mol. The molecule has 32 heavy (non-hydrogen) atoms. The van der Waals surface area contributed by atoms with Gasteiger partial charge in [-0.2, -0.15) is 0 Å². The molecule has 0 amide bonds. The van der Waals surface area contributed by atoms with Gasteiger partial charge in [-0.15, -0.1) is 0 Å². The molecule has 1 atom stereocenters. The van der Waals surface area contributed by atoms with E-state index in [4.69, 9.17) is 14.3 Å². The summed E-state index contributed by atoms with van der Waals surface area (Å²) < 4.78 is 27.0. The fourth-order valence-corrected chi connectivity index (χ4v) is 4.02. The van der Waals surface area contributed by atoms with Crippen molar-refractivity contribution < 1.29 is 18.7 Å². The van der Waals surface area contributed by atoms with E-state index in [2.05, 4.69) is 10.1 Å². The van der Waals surface area contributed by atoms with Crippen molar-refractivity contribution in [2.24, 2.45) is 5.16 Å². The van der Waals surface area contributed by atoms with Gasteiger partial charge in [-0.1, -0.05) is 17.3 Å². The predicted molar refractivity (Wildman–Crippen MR) is 118 cm³/mol. The van der Waals surface area contributed by atoms with Crippen molar-refractivity contribution in [3.63, 3.8) is 0 Å². The largest absolute Gasteiger partial charge is 0.495 e. The van der Waals surface area contributed by atoms with E-state index >= 15 is 0 Å². The number of aryl methyl sites for hydroxylation is 1. The van der Waals surface area contributed by atoms with Gasteiger partial charge >= 0.3 is 0 Å². The zero-order valence-corrected chi connectivity index (χ0v) is 18.1. The van der Waals surface area contributed by atoms with Gasteiger partial charge in [-0.3, -0.25) is 0 Å². The molecule has 0 bridgehead atoms. The first-order valence-electron chi connectivity index (χ1n) is 10.3. The molecule has 5 rings (SSSR count). The van der Waals surface area contributed by atoms with Crippen LogP contribution in [0.2, 0.25) is 0 Å². The van der Waals surface area contributed by atoms with Gasteiger partial charge in [0.2, 0.25) is 5.72 Å². The zero-order chi connectivity index (χ0) is 22.3. The summed E-state index contributed by atoms with van der Waals surface area (Å²) in [5.74, 6) is 1.73. The summed E-state index contributed by atoms with van der Waals surface area (Å²) in [6.07, 6.45) is 5.56. The third-order valence-electron chi connectivity index (χ3n) is 5.78. The average Bonchev–Trinajstić information content (AvgIpc) is 3.29. The Bertz CT molecular complexity index is 1220. The van der Waals surface area contributed by atoms with Crippen LogP contribution in [0.4, 0.5) is 4.39 Å². The minimum absolute atomic E-state index is 0.291. The SMILES string of the molecule is COc1cc(C2=CC3=NO[C@](C)(c4ccc(F)cc4)N3CCO2)ccc1-n1cnc(C)c1. The van der Waals surface area contributed by atoms with Gasteiger partial charge in [0.1, 0.15) is 23.9 Å². The van der Waals surface area contributed by atoms with Crippen molar-refractivity contribution in [2.75, 3.05) is 20.3 Å². The van der Waals surface area contributed by atoms with Crippen LogP contribution < -0.4 is 4.74 Å². The molecule has 7 nitrogen and oxygen atoms in total. The van der Waals surface area contributed by atoms with Crippen LogP contribution in [0.5, 0.6) is 5.75 Å². The van der Waals surface area contributed by atoms with Gasteiger partial charge in [0.25, 0.3) is 0 Å². The van der Waals surface area contributed by atoms with Crippen LogP contribution >= 0.6 is 0 Å². The van der Waals surface area contributed by atoms with Crippen molar-refractivity contribution in [1.82, 2.24) is 14.5 Å². The second-order valence-corrected chi connectivity index (χ2v) is 7.85. The first-order chi connectivity index (χ1) is 15.5. The molecule has 0 spiro atoms. The molecule has 0 fully saturated rings. The zero-order valence-electron chi connectivity index (χ0n) is 18.1. The van der Waals surface area contributed by atoms with Crippen LogP contribution in [-0.4, -0.2) is 40.5 Å². The number of fused-ring (bicyclic) bond motifs is 1. The first-order valence-corrected chi connectivity index (χ1v) is 10.3. The molecule has 1 aromatic heterocycles. The molecule has 3 aromatic rings. The molecule has 2 aliphatic heterocycles. The number of nitrogens with zero attached hydrogens (tertiary/aromatic N) is 4. The summed E-state index contributed by atoms with van der Waals surface area (Å²) >= 11 is 0. The van der Waals surface area contributed by atoms with Crippen molar-refractivity contribution in [1.29, 1.82) is 0 Å². The number of rotatable bonds is 4. The lowest BCUT2D eigenvalue weighted by molar-refractivity contribution is -0.0927. The Morgan fingerprint density at radius 3 is 2.69 bits per heavy atom. The van der Waals surface area contributed by atoms with E-state index in [9.17, 15) is 4.39 Å². The maximum Gasteiger partial charge on any atom is 0.234 e. The summed E-state index contributed by atoms with van der Waals surface area (Å²) in [7, 11) is 1.64. The van der Waals surface area contributed by atoms with Crippen LogP contribution in [0.15, 0.2) is 66.2 Å². The number of imidazole rings is 1. The van der Waals surface area contributed by atoms with Crippen molar-refractivity contribution in [3.8, 4) is 11.4 Å². The van der Waals surface area contributed by atoms with Gasteiger partial charge in [-0.05, 0) is 37.3 Å². The maximum atomic E-state index is 13.4. The number of hydrogen-bond acceptors (Lipinski definition) is 6. The lowest BCUT2D eigenvalue weighted by Gasteiger charge is -2.33. The lowest BCUT2D eigenvalue weighted by Crippen LogP contribution is -2.44. The fraction of sp³-hybridized carbons (Fsp3) is 0.250. The molecule has 164 valence electrons. The predicted octanol–water partition coefficient (Wildman–Crippen LogP) is 4.22. The highest BCUT2D eigenvalue weighted by atomic mass is 19.1. The third-order valence-corrected chi connectivity index (χ3v) is 5.78. The number of hydrogen-bond donors (Lipinski definition) is 0. The molecule has 0 N–H and O–H groups in total. The van der Waals surface area contributed by atoms with Crippen molar-refractivity contribution in [3.05, 3.63) is 83.7 Å². The Hall–Kier alpha value is -3.81. The van der Waals surface area contributed by atoms with Crippen molar-refractivity contribution >= 4 is 11.6 Å². The van der Waals surface area contributed by atoms with E-state index in [1.165, 1.54) is 12.1 Å². The minimum Gasteiger partial charge on any atom is -0.495 e. The topological polar surface area (TPSA) is 61.1 Å². The Morgan fingerprint density at radius 1 is 1.16 bits per heavy atom. The molecular weight excluding hydrogens is 411 g/mol. The van der Waals surface area contributed by atoms with Gasteiger partial charge in [0, 0.05) is 30.3 Å². The van der Waals surface area contributed by atoms with Gasteiger partial charge in [0.15, 0.2) is 5.84 Å². The van der Waals surface area contributed by atoms with Crippen molar-refractivity contribution in [2.45, 2.75) is 19.6 Å². The van der Waals surface area contributed by atoms with Crippen LogP contribution in [0.25, 0.3) is 11.4 Å². The molecule has 0 unspecified atom stereocenters. The van der Waals surface area contributed by atoms with Gasteiger partial charge in [0.05, 0.1) is 31.4 Å². The quantitative estimate of drug-likeness (QED) is 0.615. The molecule has 0 aliphatic carbocycles. The molecule has 3 heterocycles. The summed E-state index contributed by atoms with van der Waals surface area (Å²) in [5.41, 5.74) is 2.66. The van der Waals surface area contributed by atoms with Crippen LogP contribution in [0.3, 0.4) is 0 Å². The van der Waals surface area contributed by atoms with E-state index in [0.717, 1.165) is 22.5 Å². The molecule has 0 saturated carbocycles. The number of ether oxygens (including phenoxy) is 2. The second kappa shape index (κ2) is 7.71. The Balaban J connectivity index is 1.47. The third kappa shape index (κ3) is 3.37. The van der Waals surface area contributed by atoms with E-state index in [1.54, 1.807) is 25.6 Å². The summed E-state index contributed by atoms with van der Waals surface area (Å²) in [4.78, 5) is 12.1. The lowest BCUT2D eigenvalue weighted by atomic mass is 10.0. The smallest absolute Gasteiger partial charge is 0.234 e. The highest BCUT2D eigenvalue weighted by molar-refractivity contribution is 5.99. The summed E-state index contributed by atoms with van der Waals surface area (Å²) in [6, 6.07) is 12.2. The summed E-state index contributed by atoms with van der Waals surface area (Å²) in [6.45, 7) is 4.86. The molecule has 2 aromatic carbocycles. The van der Waals surface area contributed by atoms with E-state index in [-0.39, 0.29) is 5.82 Å². The number of methoxy groups -OCH3 is 1. The Kier molecular flexibility index (Phi) is 4.84. The first kappa shape index (κ1) is 20.1. The fourth-order valence-electron chi connectivity index (χ4n) is 4.02. The van der Waals surface area contributed by atoms with Crippen LogP contribution in [-0.2, 0) is 15.3 Å². The standard InChI is InChI=1S/C24H23FN4O3/c1-16-14-28(15-26-16)20-9-4-17(12-22(20)30-3)21-13-23-27-32-24(2,29(23)10-11-31-21)18-5-7-19(25)8-6-18/h4-9,12-15H,10-11H2,1-3H3/t24-/m1/s1. The van der Waals surface area contributed by atoms with Crippen LogP contribution in [0.1, 0.15) is 23.7 Å². The van der Waals surface area contributed by atoms with E-state index < -0.39 is 5.72 Å². The number of amidine groups is 1. The Morgan fingerprint density at radius 2 is 1.97 bits per heavy atom. The highest BCUT2D eigenvalue weighted by Crippen LogP contribution is 2.37. The normalized spacial score (nSPS) is 19.9. The molecule has 0 saturated heterocycles. The number of aromatic nitrogens is 2. The molecular formula is C24H23FN4O3. The number of benzene rings is 2. The summed E-state index contributed by atoms with van der Waals surface area (Å²) in [5, 5.41) is 4.30. The number of halogens is 1. The molecule has 2 aliphatic rings. The van der Waals surface area contributed by atoms with Gasteiger partial charge < -0.3 is 23.8 Å². The maximum absolute atomic E-state index is 13.4. The molecule has 8 heteroatoms. The second-order valence-electron chi connectivity index (χ2n) is 7.85. The number of oxime groups is 1. The van der Waals surface area contributed by atoms with Gasteiger partial charge in [-0.25, -0.2) is 9.37 Å². The minimum atomic E-state index is -0.834. The van der Waals surface area contributed by atoms with E-state index in [1.807, 2.05) is 53.8 Å². The highest BCUT2D eigenvalue weighted by Gasteiger charge is 2.43. The average molecular weight is 434 g/mol. The van der Waals surface area contributed by atoms with Crippen LogP contribution in [0, 0.1) is 12.7 Å². The molecule has 0 radical (unpaired) electrons.